The summed E-state index contributed by atoms with van der Waals surface area (Å²) in [5.41, 5.74) is 1.08. The second-order valence-electron chi connectivity index (χ2n) is 7.69. The predicted molar refractivity (Wildman–Crippen MR) is 129 cm³/mol. The molecule has 1 aliphatic rings. The molecule has 0 radical (unpaired) electrons. The third kappa shape index (κ3) is 9.63. The van der Waals surface area contributed by atoms with Crippen molar-refractivity contribution < 1.29 is 13.2 Å². The summed E-state index contributed by atoms with van der Waals surface area (Å²) < 4.78 is 28.9. The van der Waals surface area contributed by atoms with Crippen molar-refractivity contribution in [1.29, 1.82) is 0 Å². The first-order valence-electron chi connectivity index (χ1n) is 9.85. The van der Waals surface area contributed by atoms with Crippen LogP contribution in [0.4, 0.5) is 0 Å². The third-order valence-corrected chi connectivity index (χ3v) is 5.75. The fourth-order valence-corrected chi connectivity index (χ4v) is 3.88. The first-order chi connectivity index (χ1) is 13.3. The minimum absolute atomic E-state index is 0. The van der Waals surface area contributed by atoms with Crippen LogP contribution in [0.1, 0.15) is 19.4 Å². The summed E-state index contributed by atoms with van der Waals surface area (Å²) >= 11 is 0. The normalized spacial score (nSPS) is 18.4. The van der Waals surface area contributed by atoms with Gasteiger partial charge in [0.1, 0.15) is 0 Å². The lowest BCUT2D eigenvalue weighted by atomic mass is 10.1. The lowest BCUT2D eigenvalue weighted by Gasteiger charge is -2.34. The van der Waals surface area contributed by atoms with Crippen molar-refractivity contribution in [2.75, 3.05) is 52.6 Å². The fraction of sp³-hybridized carbons (Fsp3) is 0.650. The van der Waals surface area contributed by atoms with Crippen molar-refractivity contribution >= 4 is 39.8 Å². The predicted octanol–water partition coefficient (Wildman–Crippen LogP) is 1.77. The average Bonchev–Trinajstić information content (AvgIpc) is 2.64. The summed E-state index contributed by atoms with van der Waals surface area (Å²) in [4.78, 5) is 7.07. The number of morpholine rings is 1. The number of benzene rings is 1. The van der Waals surface area contributed by atoms with Crippen molar-refractivity contribution in [3.05, 3.63) is 29.8 Å². The van der Waals surface area contributed by atoms with Crippen LogP contribution in [0.15, 0.2) is 34.2 Å². The van der Waals surface area contributed by atoms with E-state index >= 15 is 0 Å². The van der Waals surface area contributed by atoms with Crippen LogP contribution in [0.25, 0.3) is 0 Å². The molecule has 1 aromatic rings. The van der Waals surface area contributed by atoms with E-state index in [9.17, 15) is 8.42 Å². The molecule has 0 aliphatic carbocycles. The molecule has 1 aliphatic heterocycles. The number of hydrogen-bond donors (Lipinski definition) is 2. The van der Waals surface area contributed by atoms with E-state index in [1.54, 1.807) is 19.2 Å². The Labute approximate surface area is 192 Å². The molecule has 0 saturated carbocycles. The minimum atomic E-state index is -3.15. The Morgan fingerprint density at radius 2 is 1.97 bits per heavy atom. The molecular formula is C20H35IN4O3S. The molecule has 0 aromatic heterocycles. The molecule has 1 unspecified atom stereocenters. The van der Waals surface area contributed by atoms with Crippen LogP contribution in [0.3, 0.4) is 0 Å². The van der Waals surface area contributed by atoms with Crippen LogP contribution in [0.2, 0.25) is 0 Å². The summed E-state index contributed by atoms with van der Waals surface area (Å²) in [6.07, 6.45) is 2.17. The van der Waals surface area contributed by atoms with E-state index in [1.165, 1.54) is 6.26 Å². The van der Waals surface area contributed by atoms with Crippen LogP contribution < -0.4 is 10.6 Å². The van der Waals surface area contributed by atoms with E-state index in [0.717, 1.165) is 50.7 Å². The number of guanidine groups is 1. The zero-order chi connectivity index (χ0) is 20.6. The molecular weight excluding hydrogens is 503 g/mol. The molecule has 7 nitrogen and oxygen atoms in total. The van der Waals surface area contributed by atoms with Crippen LogP contribution in [-0.4, -0.2) is 78.0 Å². The molecule has 2 rings (SSSR count). The molecule has 2 N–H and O–H groups in total. The number of nitrogens with one attached hydrogen (secondary N) is 2. The van der Waals surface area contributed by atoms with Crippen molar-refractivity contribution in [3.8, 4) is 0 Å². The highest BCUT2D eigenvalue weighted by Gasteiger charge is 2.21. The van der Waals surface area contributed by atoms with Gasteiger partial charge in [-0.25, -0.2) is 8.42 Å². The van der Waals surface area contributed by atoms with E-state index in [1.807, 2.05) is 12.1 Å². The van der Waals surface area contributed by atoms with E-state index < -0.39 is 9.84 Å². The maximum atomic E-state index is 11.5. The Hall–Kier alpha value is -0.910. The Balaban J connectivity index is 0.00000420. The molecule has 9 heteroatoms. The summed E-state index contributed by atoms with van der Waals surface area (Å²) in [5, 5.41) is 6.63. The molecule has 0 bridgehead atoms. The summed E-state index contributed by atoms with van der Waals surface area (Å²) in [5.74, 6) is 1.41. The second-order valence-corrected chi connectivity index (χ2v) is 9.71. The molecule has 0 spiro atoms. The topological polar surface area (TPSA) is 83.0 Å². The smallest absolute Gasteiger partial charge is 0.191 e. The fourth-order valence-electron chi connectivity index (χ4n) is 3.25. The van der Waals surface area contributed by atoms with E-state index in [2.05, 4.69) is 34.4 Å². The van der Waals surface area contributed by atoms with Gasteiger partial charge in [-0.3, -0.25) is 9.89 Å². The van der Waals surface area contributed by atoms with Gasteiger partial charge in [-0.2, -0.15) is 0 Å². The van der Waals surface area contributed by atoms with Gasteiger partial charge in [0.25, 0.3) is 0 Å². The third-order valence-electron chi connectivity index (χ3n) is 4.62. The van der Waals surface area contributed by atoms with Crippen molar-refractivity contribution in [1.82, 2.24) is 15.5 Å². The standard InChI is InChI=1S/C20H34N4O3S.HI/c1-16(2)14-24-11-12-27-18(15-24)13-23-20(21-3)22-10-9-17-5-7-19(8-6-17)28(4,25)26;/h5-8,16,18H,9-15H2,1-4H3,(H2,21,22,23);1H. The maximum Gasteiger partial charge on any atom is 0.191 e. The highest BCUT2D eigenvalue weighted by Crippen LogP contribution is 2.10. The van der Waals surface area contributed by atoms with Gasteiger partial charge in [-0.1, -0.05) is 26.0 Å². The highest BCUT2D eigenvalue weighted by molar-refractivity contribution is 14.0. The van der Waals surface area contributed by atoms with Gasteiger partial charge in [0.2, 0.25) is 0 Å². The molecule has 1 atom stereocenters. The first kappa shape index (κ1) is 26.1. The SMILES string of the molecule is CN=C(NCCc1ccc(S(C)(=O)=O)cc1)NCC1CN(CC(C)C)CCO1.I. The molecule has 1 saturated heterocycles. The summed E-state index contributed by atoms with van der Waals surface area (Å²) in [7, 11) is -1.39. The lowest BCUT2D eigenvalue weighted by Crippen LogP contribution is -2.50. The van der Waals surface area contributed by atoms with Crippen LogP contribution in [0, 0.1) is 5.92 Å². The lowest BCUT2D eigenvalue weighted by molar-refractivity contribution is -0.0284. The quantitative estimate of drug-likeness (QED) is 0.299. The molecule has 166 valence electrons. The largest absolute Gasteiger partial charge is 0.374 e. The Morgan fingerprint density at radius 1 is 1.28 bits per heavy atom. The zero-order valence-electron chi connectivity index (χ0n) is 17.8. The number of nitrogens with zero attached hydrogens (tertiary/aromatic N) is 2. The number of ether oxygens (including phenoxy) is 1. The molecule has 1 heterocycles. The van der Waals surface area contributed by atoms with E-state index in [0.29, 0.717) is 17.4 Å². The van der Waals surface area contributed by atoms with Gasteiger partial charge >= 0.3 is 0 Å². The Bertz CT molecular complexity index is 739. The Kier molecular flexibility index (Phi) is 11.4. The van der Waals surface area contributed by atoms with Gasteiger partial charge in [0.05, 0.1) is 17.6 Å². The van der Waals surface area contributed by atoms with E-state index in [4.69, 9.17) is 4.74 Å². The molecule has 29 heavy (non-hydrogen) atoms. The average molecular weight is 538 g/mol. The van der Waals surface area contributed by atoms with Crippen molar-refractivity contribution in [2.24, 2.45) is 10.9 Å². The molecule has 1 aromatic carbocycles. The minimum Gasteiger partial charge on any atom is -0.374 e. The van der Waals surface area contributed by atoms with Crippen molar-refractivity contribution in [2.45, 2.75) is 31.3 Å². The zero-order valence-corrected chi connectivity index (χ0v) is 21.0. The van der Waals surface area contributed by atoms with Crippen LogP contribution >= 0.6 is 24.0 Å². The second kappa shape index (κ2) is 12.7. The number of halogens is 1. The summed E-state index contributed by atoms with van der Waals surface area (Å²) in [6, 6.07) is 7.02. The van der Waals surface area contributed by atoms with E-state index in [-0.39, 0.29) is 30.1 Å². The molecule has 0 amide bonds. The van der Waals surface area contributed by atoms with Gasteiger partial charge in [0, 0.05) is 46.0 Å². The van der Waals surface area contributed by atoms with Gasteiger partial charge in [0.15, 0.2) is 15.8 Å². The van der Waals surface area contributed by atoms with Crippen molar-refractivity contribution in [3.63, 3.8) is 0 Å². The first-order valence-corrected chi connectivity index (χ1v) is 11.7. The van der Waals surface area contributed by atoms with Gasteiger partial charge in [-0.15, -0.1) is 24.0 Å². The van der Waals surface area contributed by atoms with Crippen LogP contribution in [-0.2, 0) is 21.0 Å². The molecule has 1 fully saturated rings. The number of hydrogen-bond acceptors (Lipinski definition) is 5. The Morgan fingerprint density at radius 3 is 2.55 bits per heavy atom. The highest BCUT2D eigenvalue weighted by atomic mass is 127. The monoisotopic (exact) mass is 538 g/mol. The summed E-state index contributed by atoms with van der Waals surface area (Å²) in [6.45, 7) is 9.72. The van der Waals surface area contributed by atoms with Gasteiger partial charge in [-0.05, 0) is 30.0 Å². The number of aliphatic imine (C=N–C) groups is 1. The number of sulfone groups is 1. The van der Waals surface area contributed by atoms with Gasteiger partial charge < -0.3 is 15.4 Å². The number of rotatable bonds is 8. The van der Waals surface area contributed by atoms with Crippen LogP contribution in [0.5, 0.6) is 0 Å². The maximum absolute atomic E-state index is 11.5.